The van der Waals surface area contributed by atoms with Gasteiger partial charge in [-0.25, -0.2) is 13.6 Å². The van der Waals surface area contributed by atoms with Crippen molar-refractivity contribution in [3.8, 4) is 0 Å². The zero-order valence-corrected chi connectivity index (χ0v) is 16.0. The second-order valence-corrected chi connectivity index (χ2v) is 7.75. The number of rotatable bonds is 7. The van der Waals surface area contributed by atoms with Gasteiger partial charge in [0.25, 0.3) is 0 Å². The van der Waals surface area contributed by atoms with Crippen LogP contribution < -0.4 is 15.5 Å². The molecule has 150 valence electrons. The van der Waals surface area contributed by atoms with Crippen LogP contribution in [-0.4, -0.2) is 56.7 Å². The van der Waals surface area contributed by atoms with E-state index in [1.54, 1.807) is 6.07 Å². The van der Waals surface area contributed by atoms with E-state index in [2.05, 4.69) is 22.5 Å². The molecule has 2 N–H and O–H groups in total. The van der Waals surface area contributed by atoms with Gasteiger partial charge in [-0.15, -0.1) is 0 Å². The van der Waals surface area contributed by atoms with Gasteiger partial charge in [0.15, 0.2) is 11.6 Å². The third kappa shape index (κ3) is 5.54. The van der Waals surface area contributed by atoms with Crippen molar-refractivity contribution in [1.82, 2.24) is 15.5 Å². The SMILES string of the molecule is CCCN1CC[C@@H](CNC(=O)NC[C@@H]2CCN(c3ccc(F)c(F)c3)C2)C1. The average Bonchev–Trinajstić information content (AvgIpc) is 3.30. The summed E-state index contributed by atoms with van der Waals surface area (Å²) in [5, 5.41) is 5.94. The van der Waals surface area contributed by atoms with Crippen LogP contribution in [-0.2, 0) is 0 Å². The molecule has 0 radical (unpaired) electrons. The lowest BCUT2D eigenvalue weighted by atomic mass is 10.1. The molecule has 1 aromatic rings. The Morgan fingerprint density at radius 3 is 2.48 bits per heavy atom. The fourth-order valence-electron chi connectivity index (χ4n) is 4.05. The molecule has 2 heterocycles. The molecular weight excluding hydrogens is 350 g/mol. The quantitative estimate of drug-likeness (QED) is 0.765. The van der Waals surface area contributed by atoms with Crippen molar-refractivity contribution in [2.75, 3.05) is 50.7 Å². The highest BCUT2D eigenvalue weighted by Crippen LogP contribution is 2.25. The molecule has 0 aliphatic carbocycles. The van der Waals surface area contributed by atoms with Crippen LogP contribution in [0.2, 0.25) is 0 Å². The highest BCUT2D eigenvalue weighted by atomic mass is 19.2. The van der Waals surface area contributed by atoms with Gasteiger partial charge in [-0.2, -0.15) is 0 Å². The Balaban J connectivity index is 1.34. The van der Waals surface area contributed by atoms with Gasteiger partial charge >= 0.3 is 6.03 Å². The Labute approximate surface area is 160 Å². The summed E-state index contributed by atoms with van der Waals surface area (Å²) in [5.41, 5.74) is 0.693. The molecule has 0 unspecified atom stereocenters. The Morgan fingerprint density at radius 1 is 1.07 bits per heavy atom. The topological polar surface area (TPSA) is 47.6 Å². The minimum Gasteiger partial charge on any atom is -0.371 e. The van der Waals surface area contributed by atoms with Crippen molar-refractivity contribution in [3.05, 3.63) is 29.8 Å². The first-order valence-corrected chi connectivity index (χ1v) is 9.99. The molecule has 5 nitrogen and oxygen atoms in total. The number of carbonyl (C=O) groups excluding carboxylic acids is 1. The van der Waals surface area contributed by atoms with Crippen LogP contribution in [0.25, 0.3) is 0 Å². The van der Waals surface area contributed by atoms with Crippen LogP contribution in [0.5, 0.6) is 0 Å². The molecule has 0 bridgehead atoms. The molecule has 2 atom stereocenters. The summed E-state index contributed by atoms with van der Waals surface area (Å²) >= 11 is 0. The number of hydrogen-bond acceptors (Lipinski definition) is 3. The number of nitrogens with one attached hydrogen (secondary N) is 2. The molecule has 27 heavy (non-hydrogen) atoms. The largest absolute Gasteiger partial charge is 0.371 e. The molecule has 2 aliphatic heterocycles. The molecule has 3 rings (SSSR count). The first kappa shape index (κ1) is 19.9. The van der Waals surface area contributed by atoms with E-state index in [0.29, 0.717) is 24.1 Å². The molecule has 0 aromatic heterocycles. The van der Waals surface area contributed by atoms with Gasteiger partial charge < -0.3 is 20.4 Å². The van der Waals surface area contributed by atoms with E-state index < -0.39 is 11.6 Å². The number of hydrogen-bond donors (Lipinski definition) is 2. The summed E-state index contributed by atoms with van der Waals surface area (Å²) in [6.07, 6.45) is 3.24. The zero-order valence-electron chi connectivity index (χ0n) is 16.0. The first-order chi connectivity index (χ1) is 13.0. The van der Waals surface area contributed by atoms with Gasteiger partial charge in [0, 0.05) is 44.5 Å². The third-order valence-electron chi connectivity index (χ3n) is 5.57. The second kappa shape index (κ2) is 9.35. The van der Waals surface area contributed by atoms with Gasteiger partial charge in [0.2, 0.25) is 0 Å². The number of carbonyl (C=O) groups is 1. The number of halogens is 2. The Hall–Kier alpha value is -1.89. The van der Waals surface area contributed by atoms with E-state index in [4.69, 9.17) is 0 Å². The lowest BCUT2D eigenvalue weighted by molar-refractivity contribution is 0.237. The van der Waals surface area contributed by atoms with Crippen LogP contribution in [0.3, 0.4) is 0 Å². The maximum atomic E-state index is 13.4. The lowest BCUT2D eigenvalue weighted by Gasteiger charge is -2.19. The Kier molecular flexibility index (Phi) is 6.88. The highest BCUT2D eigenvalue weighted by Gasteiger charge is 2.25. The maximum absolute atomic E-state index is 13.4. The molecule has 2 aliphatic rings. The third-order valence-corrected chi connectivity index (χ3v) is 5.57. The van der Waals surface area contributed by atoms with Crippen molar-refractivity contribution < 1.29 is 13.6 Å². The number of benzene rings is 1. The summed E-state index contributed by atoms with van der Waals surface area (Å²) in [7, 11) is 0. The minimum absolute atomic E-state index is 0.116. The Morgan fingerprint density at radius 2 is 1.78 bits per heavy atom. The van der Waals surface area contributed by atoms with Crippen LogP contribution >= 0.6 is 0 Å². The summed E-state index contributed by atoms with van der Waals surface area (Å²) in [5.74, 6) is -0.793. The predicted octanol–water partition coefficient (Wildman–Crippen LogP) is 2.82. The smallest absolute Gasteiger partial charge is 0.314 e. The van der Waals surface area contributed by atoms with E-state index in [1.165, 1.54) is 12.5 Å². The van der Waals surface area contributed by atoms with Crippen LogP contribution in [0.4, 0.5) is 19.3 Å². The number of urea groups is 1. The van der Waals surface area contributed by atoms with E-state index >= 15 is 0 Å². The van der Waals surface area contributed by atoms with Gasteiger partial charge in [-0.05, 0) is 56.3 Å². The Bertz CT molecular complexity index is 642. The molecule has 0 spiro atoms. The summed E-state index contributed by atoms with van der Waals surface area (Å²) < 4.78 is 26.5. The van der Waals surface area contributed by atoms with E-state index in [-0.39, 0.29) is 6.03 Å². The molecule has 2 amide bonds. The second-order valence-electron chi connectivity index (χ2n) is 7.75. The van der Waals surface area contributed by atoms with Crippen molar-refractivity contribution in [3.63, 3.8) is 0 Å². The molecule has 0 saturated carbocycles. The lowest BCUT2D eigenvalue weighted by Crippen LogP contribution is -2.41. The van der Waals surface area contributed by atoms with Crippen molar-refractivity contribution >= 4 is 11.7 Å². The standard InChI is InChI=1S/C20H30F2N4O/c1-2-7-25-8-5-15(13-25)11-23-20(27)24-12-16-6-9-26(14-16)17-3-4-18(21)19(22)10-17/h3-4,10,15-16H,2,5-9,11-14H2,1H3,(H2,23,24,27)/t15-,16-/m0/s1. The molecule has 2 saturated heterocycles. The van der Waals surface area contributed by atoms with Gasteiger partial charge in [-0.3, -0.25) is 0 Å². The van der Waals surface area contributed by atoms with Gasteiger partial charge in [-0.1, -0.05) is 6.92 Å². The molecular formula is C20H30F2N4O. The summed E-state index contributed by atoms with van der Waals surface area (Å²) in [6.45, 7) is 8.36. The number of anilines is 1. The first-order valence-electron chi connectivity index (χ1n) is 9.99. The normalized spacial score (nSPS) is 23.0. The van der Waals surface area contributed by atoms with Crippen LogP contribution in [0, 0.1) is 23.5 Å². The average molecular weight is 380 g/mol. The van der Waals surface area contributed by atoms with E-state index in [0.717, 1.165) is 58.2 Å². The molecule has 7 heteroatoms. The zero-order chi connectivity index (χ0) is 19.2. The number of nitrogens with zero attached hydrogens (tertiary/aromatic N) is 2. The fourth-order valence-corrected chi connectivity index (χ4v) is 4.05. The monoisotopic (exact) mass is 380 g/mol. The number of amides is 2. The van der Waals surface area contributed by atoms with Crippen LogP contribution in [0.1, 0.15) is 26.2 Å². The molecule has 2 fully saturated rings. The van der Waals surface area contributed by atoms with Crippen LogP contribution in [0.15, 0.2) is 18.2 Å². The maximum Gasteiger partial charge on any atom is 0.314 e. The summed E-state index contributed by atoms with van der Waals surface area (Å²) in [4.78, 5) is 16.5. The minimum atomic E-state index is -0.826. The summed E-state index contributed by atoms with van der Waals surface area (Å²) in [6, 6.07) is 3.88. The van der Waals surface area contributed by atoms with Gasteiger partial charge in [0.05, 0.1) is 0 Å². The highest BCUT2D eigenvalue weighted by molar-refractivity contribution is 5.73. The van der Waals surface area contributed by atoms with Crippen molar-refractivity contribution in [2.45, 2.75) is 26.2 Å². The van der Waals surface area contributed by atoms with Crippen molar-refractivity contribution in [1.29, 1.82) is 0 Å². The van der Waals surface area contributed by atoms with E-state index in [9.17, 15) is 13.6 Å². The van der Waals surface area contributed by atoms with E-state index in [1.807, 2.05) is 4.90 Å². The fraction of sp³-hybridized carbons (Fsp3) is 0.650. The molecule has 1 aromatic carbocycles. The number of likely N-dealkylation sites (tertiary alicyclic amines) is 1. The van der Waals surface area contributed by atoms with Gasteiger partial charge in [0.1, 0.15) is 0 Å². The van der Waals surface area contributed by atoms with Crippen molar-refractivity contribution in [2.24, 2.45) is 11.8 Å². The predicted molar refractivity (Wildman–Crippen MR) is 103 cm³/mol.